The predicted octanol–water partition coefficient (Wildman–Crippen LogP) is -1.14. The summed E-state index contributed by atoms with van der Waals surface area (Å²) in [5.41, 5.74) is 0. The second-order valence-corrected chi connectivity index (χ2v) is 7.23. The Morgan fingerprint density at radius 1 is 0.808 bits per heavy atom. The second kappa shape index (κ2) is 10.3. The standard InChI is InChI=1S/C18H33N2O6/c1-19-9-10-20(12-19)8-6-4-2-3-5-7-11-26-18-16(24)14(22)13(21)15(23)17(18)25/h9-10,12-18,21-25H,2-8,11H2,1H3/q+1/t13?,14-,15-,16-,17+,18?/m0/s1. The molecule has 0 bridgehead atoms. The van der Waals surface area contributed by atoms with E-state index in [4.69, 9.17) is 4.74 Å². The molecule has 5 N–H and O–H groups in total. The van der Waals surface area contributed by atoms with Crippen molar-refractivity contribution in [3.05, 3.63) is 18.7 Å². The highest BCUT2D eigenvalue weighted by Crippen LogP contribution is 2.24. The lowest BCUT2D eigenvalue weighted by atomic mass is 9.85. The molecule has 1 aromatic heterocycles. The maximum atomic E-state index is 9.88. The van der Waals surface area contributed by atoms with Gasteiger partial charge in [0.05, 0.1) is 13.6 Å². The van der Waals surface area contributed by atoms with E-state index in [2.05, 4.69) is 17.1 Å². The zero-order chi connectivity index (χ0) is 19.1. The molecule has 1 aliphatic carbocycles. The monoisotopic (exact) mass is 373 g/mol. The van der Waals surface area contributed by atoms with E-state index < -0.39 is 36.6 Å². The molecule has 26 heavy (non-hydrogen) atoms. The van der Waals surface area contributed by atoms with E-state index in [1.165, 1.54) is 6.42 Å². The Balaban J connectivity index is 1.52. The molecule has 0 radical (unpaired) electrons. The number of aliphatic hydroxyl groups excluding tert-OH is 5. The summed E-state index contributed by atoms with van der Waals surface area (Å²) in [4.78, 5) is 0. The van der Waals surface area contributed by atoms with Crippen molar-refractivity contribution in [3.63, 3.8) is 0 Å². The maximum absolute atomic E-state index is 9.88. The maximum Gasteiger partial charge on any atom is 0.243 e. The van der Waals surface area contributed by atoms with E-state index >= 15 is 0 Å². The fraction of sp³-hybridized carbons (Fsp3) is 0.833. The molecule has 1 heterocycles. The fourth-order valence-corrected chi connectivity index (χ4v) is 3.35. The largest absolute Gasteiger partial charge is 0.387 e. The molecule has 6 atom stereocenters. The minimum atomic E-state index is -1.58. The average Bonchev–Trinajstić information content (AvgIpc) is 3.04. The highest BCUT2D eigenvalue weighted by Gasteiger charge is 2.48. The van der Waals surface area contributed by atoms with Gasteiger partial charge in [0.1, 0.15) is 49.0 Å². The molecule has 2 unspecified atom stereocenters. The van der Waals surface area contributed by atoms with Crippen LogP contribution in [0.4, 0.5) is 0 Å². The molecular weight excluding hydrogens is 340 g/mol. The number of aliphatic hydroxyl groups is 5. The van der Waals surface area contributed by atoms with E-state index in [-0.39, 0.29) is 0 Å². The highest BCUT2D eigenvalue weighted by molar-refractivity contribution is 4.99. The fourth-order valence-electron chi connectivity index (χ4n) is 3.35. The SMILES string of the molecule is C[n+]1ccn(CCCCCCCCOC2[C@@H](O)[C@@H](O)C(O)[C@H](O)[C@H]2O)c1. The molecule has 1 saturated carbocycles. The van der Waals surface area contributed by atoms with Crippen LogP contribution in [0.25, 0.3) is 0 Å². The van der Waals surface area contributed by atoms with E-state index in [1.807, 2.05) is 17.8 Å². The van der Waals surface area contributed by atoms with Crippen molar-refractivity contribution in [1.82, 2.24) is 4.57 Å². The third-order valence-corrected chi connectivity index (χ3v) is 5.02. The lowest BCUT2D eigenvalue weighted by Gasteiger charge is -2.41. The van der Waals surface area contributed by atoms with Crippen molar-refractivity contribution < 1.29 is 34.8 Å². The molecule has 1 aliphatic rings. The molecule has 8 heteroatoms. The average molecular weight is 373 g/mol. The Morgan fingerprint density at radius 3 is 1.92 bits per heavy atom. The Morgan fingerprint density at radius 2 is 1.35 bits per heavy atom. The van der Waals surface area contributed by atoms with Gasteiger partial charge in [-0.15, -0.1) is 0 Å². The second-order valence-electron chi connectivity index (χ2n) is 7.23. The number of hydrogen-bond donors (Lipinski definition) is 5. The van der Waals surface area contributed by atoms with Crippen LogP contribution in [0.2, 0.25) is 0 Å². The minimum absolute atomic E-state index is 0.328. The summed E-state index contributed by atoms with van der Waals surface area (Å²) in [6.45, 7) is 1.35. The summed E-state index contributed by atoms with van der Waals surface area (Å²) in [5.74, 6) is 0. The number of rotatable bonds is 10. The van der Waals surface area contributed by atoms with Gasteiger partial charge in [-0.2, -0.15) is 0 Å². The molecule has 0 aliphatic heterocycles. The van der Waals surface area contributed by atoms with Gasteiger partial charge in [0.2, 0.25) is 6.33 Å². The van der Waals surface area contributed by atoms with Crippen molar-refractivity contribution in [2.75, 3.05) is 6.61 Å². The molecule has 1 aromatic rings. The van der Waals surface area contributed by atoms with Crippen LogP contribution in [0, 0.1) is 0 Å². The van der Waals surface area contributed by atoms with Crippen LogP contribution in [0.5, 0.6) is 0 Å². The van der Waals surface area contributed by atoms with Gasteiger partial charge in [0, 0.05) is 6.61 Å². The predicted molar refractivity (Wildman–Crippen MR) is 93.1 cm³/mol. The Labute approximate surface area is 154 Å². The van der Waals surface area contributed by atoms with Crippen LogP contribution in [0.15, 0.2) is 18.7 Å². The lowest BCUT2D eigenvalue weighted by molar-refractivity contribution is -0.671. The zero-order valence-electron chi connectivity index (χ0n) is 15.4. The Kier molecular flexibility index (Phi) is 8.46. The van der Waals surface area contributed by atoms with Crippen molar-refractivity contribution in [3.8, 4) is 0 Å². The van der Waals surface area contributed by atoms with Gasteiger partial charge in [0.15, 0.2) is 0 Å². The van der Waals surface area contributed by atoms with Crippen molar-refractivity contribution in [2.24, 2.45) is 7.05 Å². The number of hydrogen-bond acceptors (Lipinski definition) is 6. The first-order chi connectivity index (χ1) is 12.4. The van der Waals surface area contributed by atoms with E-state index in [9.17, 15) is 25.5 Å². The minimum Gasteiger partial charge on any atom is -0.387 e. The first kappa shape index (κ1) is 21.3. The van der Waals surface area contributed by atoms with Crippen molar-refractivity contribution in [2.45, 2.75) is 81.7 Å². The molecule has 0 spiro atoms. The van der Waals surface area contributed by atoms with Gasteiger partial charge in [0.25, 0.3) is 0 Å². The summed E-state index contributed by atoms with van der Waals surface area (Å²) < 4.78 is 9.65. The van der Waals surface area contributed by atoms with Gasteiger partial charge in [-0.05, 0) is 19.3 Å². The summed E-state index contributed by atoms with van der Waals surface area (Å²) in [7, 11) is 2.01. The molecule has 8 nitrogen and oxygen atoms in total. The third kappa shape index (κ3) is 5.73. The first-order valence-corrected chi connectivity index (χ1v) is 9.44. The van der Waals surface area contributed by atoms with Crippen LogP contribution in [-0.2, 0) is 18.3 Å². The number of nitrogens with zero attached hydrogens (tertiary/aromatic N) is 2. The Bertz CT molecular complexity index is 510. The van der Waals surface area contributed by atoms with Crippen molar-refractivity contribution >= 4 is 0 Å². The number of unbranched alkanes of at least 4 members (excludes halogenated alkanes) is 5. The topological polar surface area (TPSA) is 119 Å². The molecule has 150 valence electrons. The van der Waals surface area contributed by atoms with Gasteiger partial charge < -0.3 is 30.3 Å². The molecule has 2 rings (SSSR count). The summed E-state index contributed by atoms with van der Waals surface area (Å²) in [6, 6.07) is 0. The number of imidazole rings is 1. The van der Waals surface area contributed by atoms with Crippen LogP contribution in [0.1, 0.15) is 38.5 Å². The molecule has 1 fully saturated rings. The van der Waals surface area contributed by atoms with E-state index in [0.717, 1.165) is 38.6 Å². The molecule has 0 saturated heterocycles. The number of ether oxygens (including phenoxy) is 1. The summed E-state index contributed by atoms with van der Waals surface area (Å²) in [6.07, 6.45) is 3.90. The van der Waals surface area contributed by atoms with Crippen molar-refractivity contribution in [1.29, 1.82) is 0 Å². The van der Waals surface area contributed by atoms with Gasteiger partial charge in [-0.3, -0.25) is 0 Å². The first-order valence-electron chi connectivity index (χ1n) is 9.44. The smallest absolute Gasteiger partial charge is 0.243 e. The zero-order valence-corrected chi connectivity index (χ0v) is 15.4. The Hall–Kier alpha value is -1.03. The number of aryl methyl sites for hydroxylation is 2. The van der Waals surface area contributed by atoms with Gasteiger partial charge >= 0.3 is 0 Å². The highest BCUT2D eigenvalue weighted by atomic mass is 16.5. The van der Waals surface area contributed by atoms with Crippen LogP contribution in [0.3, 0.4) is 0 Å². The van der Waals surface area contributed by atoms with Crippen LogP contribution in [-0.4, -0.2) is 73.3 Å². The summed E-state index contributed by atoms with van der Waals surface area (Å²) >= 11 is 0. The van der Waals surface area contributed by atoms with E-state index in [1.54, 1.807) is 0 Å². The molecule has 0 aromatic carbocycles. The molecular formula is C18H33N2O6+. The quantitative estimate of drug-likeness (QED) is 0.261. The third-order valence-electron chi connectivity index (χ3n) is 5.02. The normalized spacial score (nSPS) is 32.1. The molecule has 0 amide bonds. The van der Waals surface area contributed by atoms with Crippen LogP contribution >= 0.6 is 0 Å². The lowest BCUT2D eigenvalue weighted by Crippen LogP contribution is -2.64. The summed E-state index contributed by atoms with van der Waals surface area (Å²) in [5, 5.41) is 48.6. The van der Waals surface area contributed by atoms with Crippen LogP contribution < -0.4 is 4.57 Å². The van der Waals surface area contributed by atoms with Gasteiger partial charge in [-0.1, -0.05) is 19.3 Å². The van der Waals surface area contributed by atoms with Gasteiger partial charge in [-0.25, -0.2) is 9.13 Å². The van der Waals surface area contributed by atoms with E-state index in [0.29, 0.717) is 6.61 Å². The number of aromatic nitrogens is 2.